The van der Waals surface area contributed by atoms with Crippen LogP contribution in [0.15, 0.2) is 76.2 Å². The zero-order chi connectivity index (χ0) is 16.1. The lowest BCUT2D eigenvalue weighted by Crippen LogP contribution is -2.10. The van der Waals surface area contributed by atoms with Gasteiger partial charge in [0.25, 0.3) is 5.91 Å². The maximum Gasteiger partial charge on any atom is 0.291 e. The molecule has 0 bridgehead atoms. The predicted molar refractivity (Wildman–Crippen MR) is 89.1 cm³/mol. The van der Waals surface area contributed by atoms with Gasteiger partial charge in [0.1, 0.15) is 5.82 Å². The van der Waals surface area contributed by atoms with Crippen molar-refractivity contribution in [2.45, 2.75) is 10.6 Å². The lowest BCUT2D eigenvalue weighted by molar-refractivity contribution is 0.0996. The highest BCUT2D eigenvalue weighted by Crippen LogP contribution is 2.25. The van der Waals surface area contributed by atoms with Crippen molar-refractivity contribution in [1.29, 1.82) is 0 Å². The van der Waals surface area contributed by atoms with Crippen molar-refractivity contribution in [3.63, 3.8) is 0 Å². The molecule has 0 fully saturated rings. The summed E-state index contributed by atoms with van der Waals surface area (Å²) in [6.07, 6.45) is 1.46. The number of hydrogen-bond donors (Lipinski definition) is 1. The molecule has 2 aromatic carbocycles. The minimum Gasteiger partial charge on any atom is -0.459 e. The molecule has 1 amide bonds. The highest BCUT2D eigenvalue weighted by Gasteiger charge is 2.08. The third-order valence-electron chi connectivity index (χ3n) is 3.21. The minimum atomic E-state index is -0.290. The molecule has 0 aliphatic heterocycles. The van der Waals surface area contributed by atoms with E-state index in [-0.39, 0.29) is 17.5 Å². The lowest BCUT2D eigenvalue weighted by atomic mass is 10.2. The molecule has 1 aromatic heterocycles. The molecule has 0 saturated carbocycles. The highest BCUT2D eigenvalue weighted by atomic mass is 32.2. The van der Waals surface area contributed by atoms with Gasteiger partial charge in [0.2, 0.25) is 0 Å². The molecule has 5 heteroatoms. The molecule has 0 aliphatic rings. The molecule has 0 spiro atoms. The summed E-state index contributed by atoms with van der Waals surface area (Å²) in [4.78, 5) is 12.9. The van der Waals surface area contributed by atoms with Gasteiger partial charge < -0.3 is 9.73 Å². The number of carbonyl (C=O) groups excluding carboxylic acids is 1. The summed E-state index contributed by atoms with van der Waals surface area (Å²) in [6, 6.07) is 17.4. The van der Waals surface area contributed by atoms with Crippen LogP contribution in [0.1, 0.15) is 16.1 Å². The Morgan fingerprint density at radius 1 is 1.04 bits per heavy atom. The van der Waals surface area contributed by atoms with Crippen molar-refractivity contribution in [2.24, 2.45) is 0 Å². The molecule has 0 radical (unpaired) electrons. The zero-order valence-corrected chi connectivity index (χ0v) is 13.0. The average Bonchev–Trinajstić information content (AvgIpc) is 3.10. The van der Waals surface area contributed by atoms with E-state index in [1.54, 1.807) is 36.0 Å². The molecule has 3 aromatic rings. The number of amides is 1. The van der Waals surface area contributed by atoms with Gasteiger partial charge >= 0.3 is 0 Å². The Morgan fingerprint density at radius 3 is 2.52 bits per heavy atom. The largest absolute Gasteiger partial charge is 0.459 e. The summed E-state index contributed by atoms with van der Waals surface area (Å²) >= 11 is 1.54. The standard InChI is InChI=1S/C18H14FNO2S/c19-16-5-2-1-4-13(16)12-23-15-9-7-14(8-10-15)20-18(21)17-6-3-11-22-17/h1-11H,12H2,(H,20,21). The van der Waals surface area contributed by atoms with Crippen molar-refractivity contribution in [1.82, 2.24) is 0 Å². The van der Waals surface area contributed by atoms with E-state index in [0.29, 0.717) is 17.0 Å². The first-order valence-electron chi connectivity index (χ1n) is 7.03. The molecular formula is C18H14FNO2S. The van der Waals surface area contributed by atoms with Gasteiger partial charge in [-0.05, 0) is 48.0 Å². The van der Waals surface area contributed by atoms with E-state index in [4.69, 9.17) is 4.42 Å². The molecule has 1 N–H and O–H groups in total. The molecule has 116 valence electrons. The van der Waals surface area contributed by atoms with E-state index in [0.717, 1.165) is 4.90 Å². The SMILES string of the molecule is O=C(Nc1ccc(SCc2ccccc2F)cc1)c1ccco1. The summed E-state index contributed by atoms with van der Waals surface area (Å²) in [5, 5.41) is 2.75. The highest BCUT2D eigenvalue weighted by molar-refractivity contribution is 7.98. The molecule has 23 heavy (non-hydrogen) atoms. The fourth-order valence-corrected chi connectivity index (χ4v) is 2.90. The maximum absolute atomic E-state index is 13.6. The van der Waals surface area contributed by atoms with Gasteiger partial charge in [0, 0.05) is 16.3 Å². The van der Waals surface area contributed by atoms with Crippen LogP contribution < -0.4 is 5.32 Å². The van der Waals surface area contributed by atoms with Gasteiger partial charge in [-0.1, -0.05) is 18.2 Å². The first-order chi connectivity index (χ1) is 11.2. The maximum atomic E-state index is 13.6. The van der Waals surface area contributed by atoms with Crippen LogP contribution >= 0.6 is 11.8 Å². The first kappa shape index (κ1) is 15.4. The number of furan rings is 1. The van der Waals surface area contributed by atoms with Crippen molar-refractivity contribution in [3.8, 4) is 0 Å². The summed E-state index contributed by atoms with van der Waals surface area (Å²) in [5.41, 5.74) is 1.36. The molecule has 0 unspecified atom stereocenters. The first-order valence-corrected chi connectivity index (χ1v) is 8.02. The van der Waals surface area contributed by atoms with Gasteiger partial charge in [0.15, 0.2) is 5.76 Å². The fraction of sp³-hybridized carbons (Fsp3) is 0.0556. The van der Waals surface area contributed by atoms with E-state index in [9.17, 15) is 9.18 Å². The third kappa shape index (κ3) is 4.02. The smallest absolute Gasteiger partial charge is 0.291 e. The van der Waals surface area contributed by atoms with Crippen LogP contribution in [-0.4, -0.2) is 5.91 Å². The van der Waals surface area contributed by atoms with Gasteiger partial charge in [-0.3, -0.25) is 4.79 Å². The monoisotopic (exact) mass is 327 g/mol. The minimum absolute atomic E-state index is 0.192. The Labute approximate surface area is 137 Å². The molecule has 1 heterocycles. The number of anilines is 1. The topological polar surface area (TPSA) is 42.2 Å². The van der Waals surface area contributed by atoms with Crippen LogP contribution in [0, 0.1) is 5.82 Å². The van der Waals surface area contributed by atoms with Gasteiger partial charge in [-0.15, -0.1) is 11.8 Å². The zero-order valence-electron chi connectivity index (χ0n) is 12.2. The van der Waals surface area contributed by atoms with E-state index in [2.05, 4.69) is 5.32 Å². The van der Waals surface area contributed by atoms with E-state index in [1.807, 2.05) is 30.3 Å². The number of rotatable bonds is 5. The molecular weight excluding hydrogens is 313 g/mol. The Hall–Kier alpha value is -2.53. The summed E-state index contributed by atoms with van der Waals surface area (Å²) < 4.78 is 18.6. The molecule has 3 rings (SSSR count). The van der Waals surface area contributed by atoms with Crippen LogP contribution in [0.5, 0.6) is 0 Å². The normalized spacial score (nSPS) is 10.5. The van der Waals surface area contributed by atoms with Crippen LogP contribution in [0.3, 0.4) is 0 Å². The van der Waals surface area contributed by atoms with Gasteiger partial charge in [0.05, 0.1) is 6.26 Å². The van der Waals surface area contributed by atoms with Crippen molar-refractivity contribution < 1.29 is 13.6 Å². The number of thioether (sulfide) groups is 1. The van der Waals surface area contributed by atoms with Crippen molar-refractivity contribution in [2.75, 3.05) is 5.32 Å². The van der Waals surface area contributed by atoms with Gasteiger partial charge in [-0.25, -0.2) is 4.39 Å². The summed E-state index contributed by atoms with van der Waals surface area (Å²) in [7, 11) is 0. The number of hydrogen-bond acceptors (Lipinski definition) is 3. The predicted octanol–water partition coefficient (Wildman–Crippen LogP) is 4.96. The van der Waals surface area contributed by atoms with Gasteiger partial charge in [-0.2, -0.15) is 0 Å². The average molecular weight is 327 g/mol. The van der Waals surface area contributed by atoms with E-state index < -0.39 is 0 Å². The summed E-state index contributed by atoms with van der Waals surface area (Å²) in [5.74, 6) is 0.345. The molecule has 0 aliphatic carbocycles. The van der Waals surface area contributed by atoms with Crippen molar-refractivity contribution >= 4 is 23.4 Å². The van der Waals surface area contributed by atoms with Crippen LogP contribution in [0.4, 0.5) is 10.1 Å². The fourth-order valence-electron chi connectivity index (χ4n) is 2.01. The quantitative estimate of drug-likeness (QED) is 0.673. The second kappa shape index (κ2) is 7.15. The Bertz CT molecular complexity index is 785. The molecule has 0 atom stereocenters. The third-order valence-corrected chi connectivity index (χ3v) is 4.27. The summed E-state index contributed by atoms with van der Waals surface area (Å²) in [6.45, 7) is 0. The van der Waals surface area contributed by atoms with Crippen molar-refractivity contribution in [3.05, 3.63) is 84.1 Å². The molecule has 0 saturated heterocycles. The number of nitrogens with one attached hydrogen (secondary N) is 1. The second-order valence-electron chi connectivity index (χ2n) is 4.84. The van der Waals surface area contributed by atoms with Crippen LogP contribution in [0.2, 0.25) is 0 Å². The second-order valence-corrected chi connectivity index (χ2v) is 5.88. The Morgan fingerprint density at radius 2 is 1.83 bits per heavy atom. The van der Waals surface area contributed by atoms with Crippen LogP contribution in [0.25, 0.3) is 0 Å². The number of carbonyl (C=O) groups is 1. The van der Waals surface area contributed by atoms with Crippen LogP contribution in [-0.2, 0) is 5.75 Å². The van der Waals surface area contributed by atoms with E-state index >= 15 is 0 Å². The number of benzene rings is 2. The molecule has 3 nitrogen and oxygen atoms in total. The van der Waals surface area contributed by atoms with E-state index in [1.165, 1.54) is 12.3 Å². The Kier molecular flexibility index (Phi) is 4.78. The number of halogens is 1. The Balaban J connectivity index is 1.59. The lowest BCUT2D eigenvalue weighted by Gasteiger charge is -2.06.